The Balaban J connectivity index is 2.03. The molecular weight excluding hydrogens is 312 g/mol. The number of esters is 1. The molecule has 0 spiro atoms. The van der Waals surface area contributed by atoms with Gasteiger partial charge in [0, 0.05) is 24.2 Å². The summed E-state index contributed by atoms with van der Waals surface area (Å²) in [7, 11) is 1.40. The Bertz CT molecular complexity index is 862. The van der Waals surface area contributed by atoms with Gasteiger partial charge in [-0.25, -0.2) is 0 Å². The molecule has 4 heteroatoms. The van der Waals surface area contributed by atoms with Crippen LogP contribution >= 0.6 is 0 Å². The maximum atomic E-state index is 11.7. The van der Waals surface area contributed by atoms with Gasteiger partial charge in [0.2, 0.25) is 0 Å². The number of hydrogen-bond donors (Lipinski definition) is 0. The Morgan fingerprint density at radius 1 is 1.08 bits per heavy atom. The van der Waals surface area contributed by atoms with Crippen LogP contribution in [0.25, 0.3) is 10.9 Å². The number of carbonyl (C=O) groups excluding carboxylic acids is 1. The van der Waals surface area contributed by atoms with Gasteiger partial charge in [0.05, 0.1) is 24.7 Å². The van der Waals surface area contributed by atoms with Crippen molar-refractivity contribution in [1.29, 1.82) is 0 Å². The first kappa shape index (κ1) is 17.0. The molecule has 0 fully saturated rings. The second kappa shape index (κ2) is 7.79. The van der Waals surface area contributed by atoms with Gasteiger partial charge in [-0.2, -0.15) is 0 Å². The van der Waals surface area contributed by atoms with E-state index in [1.165, 1.54) is 12.7 Å². The van der Waals surface area contributed by atoms with Crippen LogP contribution in [0.2, 0.25) is 0 Å². The molecular formula is C21H22N2O2. The van der Waals surface area contributed by atoms with E-state index >= 15 is 0 Å². The Morgan fingerprint density at radius 2 is 1.80 bits per heavy atom. The molecule has 0 atom stereocenters. The smallest absolute Gasteiger partial charge is 0.311 e. The van der Waals surface area contributed by atoms with Gasteiger partial charge in [-0.05, 0) is 24.6 Å². The van der Waals surface area contributed by atoms with Crippen molar-refractivity contribution >= 4 is 22.6 Å². The zero-order valence-corrected chi connectivity index (χ0v) is 14.6. The lowest BCUT2D eigenvalue weighted by molar-refractivity contribution is -0.139. The number of anilines is 1. The largest absolute Gasteiger partial charge is 0.469 e. The molecule has 3 rings (SSSR count). The van der Waals surface area contributed by atoms with E-state index in [1.807, 2.05) is 30.3 Å². The summed E-state index contributed by atoms with van der Waals surface area (Å²) in [6.07, 6.45) is 0.178. The number of ether oxygens (including phenoxy) is 1. The molecule has 1 aromatic heterocycles. The summed E-state index contributed by atoms with van der Waals surface area (Å²) in [5, 5.41) is 1.09. The van der Waals surface area contributed by atoms with Gasteiger partial charge >= 0.3 is 5.97 Å². The van der Waals surface area contributed by atoms with E-state index in [0.717, 1.165) is 35.4 Å². The first-order chi connectivity index (χ1) is 12.2. The molecule has 25 heavy (non-hydrogen) atoms. The monoisotopic (exact) mass is 334 g/mol. The molecule has 1 heterocycles. The molecule has 0 bridgehead atoms. The highest BCUT2D eigenvalue weighted by atomic mass is 16.5. The molecule has 0 saturated heterocycles. The van der Waals surface area contributed by atoms with Gasteiger partial charge in [-0.3, -0.25) is 9.78 Å². The third-order valence-electron chi connectivity index (χ3n) is 4.24. The summed E-state index contributed by atoms with van der Waals surface area (Å²) in [6, 6.07) is 20.4. The van der Waals surface area contributed by atoms with Crippen LogP contribution in [0.1, 0.15) is 18.2 Å². The molecule has 0 radical (unpaired) electrons. The van der Waals surface area contributed by atoms with Gasteiger partial charge in [-0.1, -0.05) is 48.5 Å². The lowest BCUT2D eigenvalue weighted by Crippen LogP contribution is -2.23. The molecule has 128 valence electrons. The summed E-state index contributed by atoms with van der Waals surface area (Å²) >= 11 is 0. The van der Waals surface area contributed by atoms with Crippen molar-refractivity contribution in [1.82, 2.24) is 4.98 Å². The third-order valence-corrected chi connectivity index (χ3v) is 4.24. The first-order valence-corrected chi connectivity index (χ1v) is 8.45. The summed E-state index contributed by atoms with van der Waals surface area (Å²) in [4.78, 5) is 18.6. The second-order valence-electron chi connectivity index (χ2n) is 5.90. The van der Waals surface area contributed by atoms with E-state index in [1.54, 1.807) is 0 Å². The highest BCUT2D eigenvalue weighted by Gasteiger charge is 2.14. The Labute approximate surface area is 148 Å². The maximum Gasteiger partial charge on any atom is 0.311 e. The van der Waals surface area contributed by atoms with Gasteiger partial charge in [0.25, 0.3) is 0 Å². The van der Waals surface area contributed by atoms with Crippen molar-refractivity contribution in [3.8, 4) is 0 Å². The molecule has 3 aromatic rings. The van der Waals surface area contributed by atoms with E-state index in [0.29, 0.717) is 0 Å². The van der Waals surface area contributed by atoms with E-state index in [-0.39, 0.29) is 12.4 Å². The number of methoxy groups -OCH3 is 1. The van der Waals surface area contributed by atoms with E-state index in [4.69, 9.17) is 4.74 Å². The van der Waals surface area contributed by atoms with Crippen LogP contribution in [0.4, 0.5) is 5.69 Å². The van der Waals surface area contributed by atoms with Crippen LogP contribution < -0.4 is 4.90 Å². The molecule has 0 saturated carbocycles. The zero-order valence-electron chi connectivity index (χ0n) is 14.6. The highest BCUT2D eigenvalue weighted by Crippen LogP contribution is 2.28. The van der Waals surface area contributed by atoms with E-state index < -0.39 is 0 Å². The van der Waals surface area contributed by atoms with Crippen molar-refractivity contribution in [2.45, 2.75) is 19.9 Å². The average Bonchev–Trinajstić information content (AvgIpc) is 2.66. The Kier molecular flexibility index (Phi) is 5.29. The minimum Gasteiger partial charge on any atom is -0.469 e. The predicted octanol–water partition coefficient (Wildman–Crippen LogP) is 3.98. The van der Waals surface area contributed by atoms with Crippen LogP contribution in [0.5, 0.6) is 0 Å². The molecule has 0 aliphatic heterocycles. The number of nitrogens with zero attached hydrogens (tertiary/aromatic N) is 2. The maximum absolute atomic E-state index is 11.7. The Hall–Kier alpha value is -2.88. The molecule has 0 aliphatic rings. The third kappa shape index (κ3) is 3.97. The SMILES string of the molecule is CCN(Cc1ccccc1)c1cc(CC(=O)OC)nc2ccccc12. The van der Waals surface area contributed by atoms with Crippen LogP contribution in [0.3, 0.4) is 0 Å². The number of carbonyl (C=O) groups is 1. The molecule has 4 nitrogen and oxygen atoms in total. The molecule has 0 amide bonds. The Morgan fingerprint density at radius 3 is 2.52 bits per heavy atom. The average molecular weight is 334 g/mol. The zero-order chi connectivity index (χ0) is 17.6. The van der Waals surface area contributed by atoms with Crippen molar-refractivity contribution in [2.24, 2.45) is 0 Å². The molecule has 0 unspecified atom stereocenters. The van der Waals surface area contributed by atoms with Crippen LogP contribution in [-0.4, -0.2) is 24.6 Å². The van der Waals surface area contributed by atoms with Gasteiger partial charge in [-0.15, -0.1) is 0 Å². The predicted molar refractivity (Wildman–Crippen MR) is 101 cm³/mol. The number of rotatable bonds is 6. The molecule has 0 aliphatic carbocycles. The highest BCUT2D eigenvalue weighted by molar-refractivity contribution is 5.92. The first-order valence-electron chi connectivity index (χ1n) is 8.45. The van der Waals surface area contributed by atoms with Crippen LogP contribution in [0.15, 0.2) is 60.7 Å². The van der Waals surface area contributed by atoms with Gasteiger partial charge in [0.1, 0.15) is 0 Å². The number of fused-ring (bicyclic) bond motifs is 1. The molecule has 0 N–H and O–H groups in total. The van der Waals surface area contributed by atoms with E-state index in [2.05, 4.69) is 47.1 Å². The van der Waals surface area contributed by atoms with Crippen molar-refractivity contribution < 1.29 is 9.53 Å². The number of para-hydroxylation sites is 1. The minimum atomic E-state index is -0.278. The number of benzene rings is 2. The van der Waals surface area contributed by atoms with Crippen molar-refractivity contribution in [3.63, 3.8) is 0 Å². The minimum absolute atomic E-state index is 0.178. The fourth-order valence-corrected chi connectivity index (χ4v) is 2.95. The second-order valence-corrected chi connectivity index (χ2v) is 5.90. The molecule has 2 aromatic carbocycles. The topological polar surface area (TPSA) is 42.4 Å². The summed E-state index contributed by atoms with van der Waals surface area (Å²) < 4.78 is 4.80. The lowest BCUT2D eigenvalue weighted by atomic mass is 10.1. The quantitative estimate of drug-likeness (QED) is 0.640. The van der Waals surface area contributed by atoms with E-state index in [9.17, 15) is 4.79 Å². The summed E-state index contributed by atoms with van der Waals surface area (Å²) in [5.41, 5.74) is 3.97. The van der Waals surface area contributed by atoms with Crippen LogP contribution in [0, 0.1) is 0 Å². The summed E-state index contributed by atoms with van der Waals surface area (Å²) in [5.74, 6) is -0.278. The van der Waals surface area contributed by atoms with Gasteiger partial charge < -0.3 is 9.64 Å². The summed E-state index contributed by atoms with van der Waals surface area (Å²) in [6.45, 7) is 3.81. The van der Waals surface area contributed by atoms with Gasteiger partial charge in [0.15, 0.2) is 0 Å². The number of aromatic nitrogens is 1. The fourth-order valence-electron chi connectivity index (χ4n) is 2.95. The van der Waals surface area contributed by atoms with Crippen molar-refractivity contribution in [3.05, 3.63) is 71.9 Å². The standard InChI is InChI=1S/C21H22N2O2/c1-3-23(15-16-9-5-4-6-10-16)20-13-17(14-21(24)25-2)22-19-12-8-7-11-18(19)20/h4-13H,3,14-15H2,1-2H3. The van der Waals surface area contributed by atoms with Crippen LogP contribution in [-0.2, 0) is 22.5 Å². The lowest BCUT2D eigenvalue weighted by Gasteiger charge is -2.25. The number of pyridine rings is 1. The van der Waals surface area contributed by atoms with Crippen molar-refractivity contribution in [2.75, 3.05) is 18.6 Å². The normalized spacial score (nSPS) is 10.6. The number of hydrogen-bond acceptors (Lipinski definition) is 4. The fraction of sp³-hybridized carbons (Fsp3) is 0.238.